The van der Waals surface area contributed by atoms with Gasteiger partial charge < -0.3 is 14.4 Å². The van der Waals surface area contributed by atoms with Gasteiger partial charge in [-0.15, -0.1) is 0 Å². The van der Waals surface area contributed by atoms with Gasteiger partial charge in [-0.3, -0.25) is 4.90 Å². The largest absolute Gasteiger partial charge is 0.377 e. The van der Waals surface area contributed by atoms with Crippen molar-refractivity contribution in [1.29, 1.82) is 0 Å². The molecule has 5 heteroatoms. The standard InChI is InChI=1S/C18H28N2O2S/c1-2-5-19(4-1)11-17-9-18(22-12-17)14-20(6-7-21-15-18)10-16-3-8-23-13-16/h3,8,13,17H,1-2,4-7,9-12,14-15H2/t17-,18-/m0/s1. The summed E-state index contributed by atoms with van der Waals surface area (Å²) in [5.74, 6) is 0.679. The van der Waals surface area contributed by atoms with Crippen LogP contribution in [0.3, 0.4) is 0 Å². The molecule has 3 aliphatic heterocycles. The average Bonchev–Trinajstić information content (AvgIpc) is 3.25. The summed E-state index contributed by atoms with van der Waals surface area (Å²) in [6.45, 7) is 9.33. The van der Waals surface area contributed by atoms with E-state index < -0.39 is 0 Å². The van der Waals surface area contributed by atoms with E-state index in [2.05, 4.69) is 26.6 Å². The SMILES string of the molecule is c1cc(CN2CCOC[C@]3(C[C@@H](CN4CCCC4)CO3)C2)cs1. The molecule has 1 aromatic rings. The highest BCUT2D eigenvalue weighted by Crippen LogP contribution is 2.34. The van der Waals surface area contributed by atoms with Crippen LogP contribution in [0.25, 0.3) is 0 Å². The molecule has 1 aromatic heterocycles. The molecule has 0 aromatic carbocycles. The minimum Gasteiger partial charge on any atom is -0.377 e. The Morgan fingerprint density at radius 2 is 2.13 bits per heavy atom. The van der Waals surface area contributed by atoms with Crippen molar-refractivity contribution in [3.05, 3.63) is 22.4 Å². The summed E-state index contributed by atoms with van der Waals surface area (Å²) >= 11 is 1.78. The lowest BCUT2D eigenvalue weighted by molar-refractivity contribution is -0.0563. The summed E-state index contributed by atoms with van der Waals surface area (Å²) in [6.07, 6.45) is 3.90. The maximum atomic E-state index is 6.34. The monoisotopic (exact) mass is 336 g/mol. The van der Waals surface area contributed by atoms with Crippen LogP contribution in [-0.2, 0) is 16.0 Å². The summed E-state index contributed by atoms with van der Waals surface area (Å²) in [5, 5.41) is 4.42. The zero-order chi connectivity index (χ0) is 15.5. The maximum absolute atomic E-state index is 6.34. The highest BCUT2D eigenvalue weighted by Gasteiger charge is 2.43. The van der Waals surface area contributed by atoms with Crippen LogP contribution in [-0.4, -0.2) is 67.9 Å². The third kappa shape index (κ3) is 3.97. The predicted molar refractivity (Wildman–Crippen MR) is 92.9 cm³/mol. The van der Waals surface area contributed by atoms with Crippen LogP contribution in [0, 0.1) is 5.92 Å². The van der Waals surface area contributed by atoms with Gasteiger partial charge in [0.2, 0.25) is 0 Å². The minimum atomic E-state index is -0.0725. The molecule has 23 heavy (non-hydrogen) atoms. The highest BCUT2D eigenvalue weighted by atomic mass is 32.1. The van der Waals surface area contributed by atoms with Gasteiger partial charge >= 0.3 is 0 Å². The molecule has 4 nitrogen and oxygen atoms in total. The van der Waals surface area contributed by atoms with Crippen molar-refractivity contribution in [2.75, 3.05) is 52.5 Å². The molecule has 0 N–H and O–H groups in total. The minimum absolute atomic E-state index is 0.0725. The number of nitrogens with zero attached hydrogens (tertiary/aromatic N) is 2. The Balaban J connectivity index is 1.36. The average molecular weight is 337 g/mol. The first-order valence-corrected chi connectivity index (χ1v) is 9.93. The van der Waals surface area contributed by atoms with Crippen LogP contribution in [0.2, 0.25) is 0 Å². The van der Waals surface area contributed by atoms with Gasteiger partial charge in [0.05, 0.1) is 19.8 Å². The fourth-order valence-corrected chi connectivity index (χ4v) is 5.02. The number of thiophene rings is 1. The van der Waals surface area contributed by atoms with Crippen LogP contribution >= 0.6 is 11.3 Å². The van der Waals surface area contributed by atoms with E-state index in [0.29, 0.717) is 5.92 Å². The zero-order valence-corrected chi connectivity index (χ0v) is 14.7. The van der Waals surface area contributed by atoms with E-state index in [4.69, 9.17) is 9.47 Å². The summed E-state index contributed by atoms with van der Waals surface area (Å²) in [5.41, 5.74) is 1.34. The Labute approximate surface area is 143 Å². The van der Waals surface area contributed by atoms with E-state index in [1.165, 1.54) is 38.0 Å². The molecule has 3 fully saturated rings. The Morgan fingerprint density at radius 3 is 2.96 bits per heavy atom. The number of rotatable bonds is 4. The molecule has 4 heterocycles. The first-order chi connectivity index (χ1) is 11.3. The molecule has 3 saturated heterocycles. The smallest absolute Gasteiger partial charge is 0.104 e. The van der Waals surface area contributed by atoms with Crippen LogP contribution < -0.4 is 0 Å². The molecule has 0 radical (unpaired) electrons. The molecular weight excluding hydrogens is 308 g/mol. The Hall–Kier alpha value is -0.460. The molecule has 0 amide bonds. The highest BCUT2D eigenvalue weighted by molar-refractivity contribution is 7.07. The summed E-state index contributed by atoms with van der Waals surface area (Å²) < 4.78 is 12.3. The van der Waals surface area contributed by atoms with Crippen molar-refractivity contribution in [3.63, 3.8) is 0 Å². The van der Waals surface area contributed by atoms with Crippen molar-refractivity contribution in [2.24, 2.45) is 5.92 Å². The van der Waals surface area contributed by atoms with Crippen LogP contribution in [0.15, 0.2) is 16.8 Å². The Bertz CT molecular complexity index is 489. The molecule has 0 unspecified atom stereocenters. The van der Waals surface area contributed by atoms with Gasteiger partial charge in [-0.2, -0.15) is 11.3 Å². The van der Waals surface area contributed by atoms with Gasteiger partial charge in [-0.1, -0.05) is 0 Å². The summed E-state index contributed by atoms with van der Waals surface area (Å²) in [4.78, 5) is 5.14. The molecular formula is C18H28N2O2S. The Morgan fingerprint density at radius 1 is 1.22 bits per heavy atom. The van der Waals surface area contributed by atoms with Crippen molar-refractivity contribution in [2.45, 2.75) is 31.4 Å². The van der Waals surface area contributed by atoms with E-state index in [1.807, 2.05) is 0 Å². The topological polar surface area (TPSA) is 24.9 Å². The fourth-order valence-electron chi connectivity index (χ4n) is 4.36. The second-order valence-corrected chi connectivity index (χ2v) is 8.25. The van der Waals surface area contributed by atoms with Crippen molar-refractivity contribution >= 4 is 11.3 Å². The van der Waals surface area contributed by atoms with Crippen LogP contribution in [0.4, 0.5) is 0 Å². The van der Waals surface area contributed by atoms with Gasteiger partial charge in [0, 0.05) is 26.2 Å². The predicted octanol–water partition coefficient (Wildman–Crippen LogP) is 2.45. The molecule has 2 atom stereocenters. The number of hydrogen-bond donors (Lipinski definition) is 0. The van der Waals surface area contributed by atoms with E-state index in [0.717, 1.165) is 45.9 Å². The number of likely N-dealkylation sites (tertiary alicyclic amines) is 1. The van der Waals surface area contributed by atoms with Crippen LogP contribution in [0.5, 0.6) is 0 Å². The quantitative estimate of drug-likeness (QED) is 0.843. The van der Waals surface area contributed by atoms with E-state index in [-0.39, 0.29) is 5.60 Å². The lowest BCUT2D eigenvalue weighted by atomic mass is 9.94. The van der Waals surface area contributed by atoms with Gasteiger partial charge in [-0.25, -0.2) is 0 Å². The first-order valence-electron chi connectivity index (χ1n) is 8.99. The molecule has 3 aliphatic rings. The summed E-state index contributed by atoms with van der Waals surface area (Å²) in [7, 11) is 0. The molecule has 0 aliphatic carbocycles. The molecule has 0 saturated carbocycles. The number of ether oxygens (including phenoxy) is 2. The fraction of sp³-hybridized carbons (Fsp3) is 0.778. The normalized spacial score (nSPS) is 33.5. The number of hydrogen-bond acceptors (Lipinski definition) is 5. The van der Waals surface area contributed by atoms with Crippen molar-refractivity contribution < 1.29 is 9.47 Å². The Kier molecular flexibility index (Phi) is 5.02. The van der Waals surface area contributed by atoms with Crippen molar-refractivity contribution in [3.8, 4) is 0 Å². The molecule has 128 valence electrons. The van der Waals surface area contributed by atoms with Crippen LogP contribution in [0.1, 0.15) is 24.8 Å². The molecule has 1 spiro atoms. The summed E-state index contributed by atoms with van der Waals surface area (Å²) in [6, 6.07) is 2.23. The second-order valence-electron chi connectivity index (χ2n) is 7.47. The third-order valence-corrected chi connectivity index (χ3v) is 6.15. The van der Waals surface area contributed by atoms with Gasteiger partial charge in [0.15, 0.2) is 0 Å². The van der Waals surface area contributed by atoms with Crippen molar-refractivity contribution in [1.82, 2.24) is 9.80 Å². The lowest BCUT2D eigenvalue weighted by Gasteiger charge is -2.31. The second kappa shape index (κ2) is 7.19. The van der Waals surface area contributed by atoms with Gasteiger partial charge in [0.25, 0.3) is 0 Å². The maximum Gasteiger partial charge on any atom is 0.104 e. The lowest BCUT2D eigenvalue weighted by Crippen LogP contribution is -2.44. The van der Waals surface area contributed by atoms with E-state index in [1.54, 1.807) is 11.3 Å². The van der Waals surface area contributed by atoms with E-state index >= 15 is 0 Å². The van der Waals surface area contributed by atoms with E-state index in [9.17, 15) is 0 Å². The zero-order valence-electron chi connectivity index (χ0n) is 13.9. The molecule has 0 bridgehead atoms. The molecule has 4 rings (SSSR count). The third-order valence-electron chi connectivity index (χ3n) is 5.42. The first kappa shape index (κ1) is 16.0. The van der Waals surface area contributed by atoms with Gasteiger partial charge in [0.1, 0.15) is 5.60 Å². The van der Waals surface area contributed by atoms with Gasteiger partial charge in [-0.05, 0) is 60.7 Å².